The molecule has 0 radical (unpaired) electrons. The molecule has 0 aliphatic carbocycles. The van der Waals surface area contributed by atoms with Crippen LogP contribution in [0, 0.1) is 5.41 Å². The van der Waals surface area contributed by atoms with E-state index < -0.39 is 0 Å². The van der Waals surface area contributed by atoms with Crippen LogP contribution in [-0.4, -0.2) is 38.4 Å². The highest BCUT2D eigenvalue weighted by Crippen LogP contribution is 2.31. The van der Waals surface area contributed by atoms with Crippen LogP contribution in [0.25, 0.3) is 0 Å². The lowest BCUT2D eigenvalue weighted by Crippen LogP contribution is -2.40. The number of nitrogen functional groups attached to an aromatic ring is 1. The first-order chi connectivity index (χ1) is 9.17. The molecular weight excluding hydrogens is 258 g/mol. The molecule has 0 saturated carbocycles. The third kappa shape index (κ3) is 3.04. The van der Waals surface area contributed by atoms with Gasteiger partial charge in [-0.1, -0.05) is 6.07 Å². The lowest BCUT2D eigenvalue weighted by molar-refractivity contribution is 0.0893. The maximum atomic E-state index is 7.84. The van der Waals surface area contributed by atoms with E-state index in [1.54, 1.807) is 18.9 Å². The Balaban J connectivity index is 2.35. The average Bonchev–Trinajstić information content (AvgIpc) is 2.46. The summed E-state index contributed by atoms with van der Waals surface area (Å²) in [5, 5.41) is 7.84. The van der Waals surface area contributed by atoms with E-state index in [4.69, 9.17) is 15.9 Å². The van der Waals surface area contributed by atoms with Crippen molar-refractivity contribution in [2.45, 2.75) is 23.8 Å². The first-order valence-corrected chi connectivity index (χ1v) is 7.69. The number of hydrogen-bond donors (Lipinski definition) is 2. The Labute approximate surface area is 118 Å². The quantitative estimate of drug-likeness (QED) is 0.504. The standard InChI is InChI=1S/C14H21N3OS/c1-18-10-5-4-8-17(9-10)11-6-3-7-12(19-2)13(11)14(15)16/h3,6-7,10H,4-5,8-9H2,1-2H3,(H3,15,16). The summed E-state index contributed by atoms with van der Waals surface area (Å²) in [4.78, 5) is 3.35. The predicted octanol–water partition coefficient (Wildman–Crippen LogP) is 2.31. The number of anilines is 1. The van der Waals surface area contributed by atoms with Gasteiger partial charge >= 0.3 is 0 Å². The third-order valence-corrected chi connectivity index (χ3v) is 4.33. The number of ether oxygens (including phenoxy) is 1. The second-order valence-corrected chi connectivity index (χ2v) is 5.56. The predicted molar refractivity (Wildman–Crippen MR) is 81.5 cm³/mol. The zero-order valence-corrected chi connectivity index (χ0v) is 12.3. The van der Waals surface area contributed by atoms with Gasteiger partial charge in [-0.05, 0) is 31.2 Å². The molecule has 0 aromatic heterocycles. The Morgan fingerprint density at radius 2 is 2.32 bits per heavy atom. The Kier molecular flexibility index (Phi) is 4.71. The van der Waals surface area contributed by atoms with E-state index in [1.165, 1.54) is 0 Å². The van der Waals surface area contributed by atoms with Gasteiger partial charge in [0.15, 0.2) is 0 Å². The van der Waals surface area contributed by atoms with Crippen LogP contribution in [0.4, 0.5) is 5.69 Å². The monoisotopic (exact) mass is 279 g/mol. The minimum atomic E-state index is 0.138. The van der Waals surface area contributed by atoms with Gasteiger partial charge in [-0.25, -0.2) is 0 Å². The number of thioether (sulfide) groups is 1. The zero-order chi connectivity index (χ0) is 13.8. The zero-order valence-electron chi connectivity index (χ0n) is 11.5. The molecule has 1 aromatic carbocycles. The summed E-state index contributed by atoms with van der Waals surface area (Å²) in [7, 11) is 1.76. The molecule has 4 nitrogen and oxygen atoms in total. The van der Waals surface area contributed by atoms with Crippen molar-refractivity contribution >= 4 is 23.3 Å². The Morgan fingerprint density at radius 1 is 1.53 bits per heavy atom. The van der Waals surface area contributed by atoms with Crippen molar-refractivity contribution in [2.24, 2.45) is 5.73 Å². The summed E-state index contributed by atoms with van der Waals surface area (Å²) in [5.74, 6) is 0.138. The van der Waals surface area contributed by atoms with Crippen LogP contribution in [0.2, 0.25) is 0 Å². The van der Waals surface area contributed by atoms with Crippen molar-refractivity contribution in [1.29, 1.82) is 5.41 Å². The van der Waals surface area contributed by atoms with Crippen LogP contribution in [-0.2, 0) is 4.74 Å². The second kappa shape index (κ2) is 6.30. The number of rotatable bonds is 4. The van der Waals surface area contributed by atoms with Gasteiger partial charge in [-0.15, -0.1) is 11.8 Å². The van der Waals surface area contributed by atoms with E-state index in [0.717, 1.165) is 42.1 Å². The lowest BCUT2D eigenvalue weighted by atomic mass is 10.0. The minimum Gasteiger partial charge on any atom is -0.384 e. The molecule has 1 saturated heterocycles. The van der Waals surface area contributed by atoms with Crippen molar-refractivity contribution in [3.8, 4) is 0 Å². The summed E-state index contributed by atoms with van der Waals surface area (Å²) < 4.78 is 5.47. The molecule has 1 unspecified atom stereocenters. The smallest absolute Gasteiger partial charge is 0.126 e. The first kappa shape index (κ1) is 14.2. The van der Waals surface area contributed by atoms with E-state index >= 15 is 0 Å². The number of nitrogens with one attached hydrogen (secondary N) is 1. The van der Waals surface area contributed by atoms with Gasteiger partial charge in [0, 0.05) is 30.8 Å². The summed E-state index contributed by atoms with van der Waals surface area (Å²) in [6.45, 7) is 1.87. The van der Waals surface area contributed by atoms with E-state index in [1.807, 2.05) is 18.4 Å². The maximum absolute atomic E-state index is 7.84. The number of amidine groups is 1. The Bertz CT molecular complexity index is 464. The molecule has 0 spiro atoms. The molecule has 1 aromatic rings. The van der Waals surface area contributed by atoms with Crippen LogP contribution < -0.4 is 10.6 Å². The van der Waals surface area contributed by atoms with Crippen LogP contribution in [0.5, 0.6) is 0 Å². The van der Waals surface area contributed by atoms with Crippen LogP contribution in [0.3, 0.4) is 0 Å². The van der Waals surface area contributed by atoms with E-state index in [2.05, 4.69) is 11.0 Å². The van der Waals surface area contributed by atoms with Crippen LogP contribution in [0.1, 0.15) is 18.4 Å². The number of nitrogens with zero attached hydrogens (tertiary/aromatic N) is 1. The molecule has 0 bridgehead atoms. The van der Waals surface area contributed by atoms with Crippen LogP contribution >= 0.6 is 11.8 Å². The van der Waals surface area contributed by atoms with E-state index in [9.17, 15) is 0 Å². The highest BCUT2D eigenvalue weighted by Gasteiger charge is 2.23. The van der Waals surface area contributed by atoms with Gasteiger partial charge < -0.3 is 15.4 Å². The van der Waals surface area contributed by atoms with Crippen molar-refractivity contribution in [2.75, 3.05) is 31.4 Å². The number of piperidine rings is 1. The number of methoxy groups -OCH3 is 1. The fraction of sp³-hybridized carbons (Fsp3) is 0.500. The fourth-order valence-corrected chi connectivity index (χ4v) is 3.21. The van der Waals surface area contributed by atoms with Crippen molar-refractivity contribution in [3.63, 3.8) is 0 Å². The second-order valence-electron chi connectivity index (χ2n) is 4.71. The highest BCUT2D eigenvalue weighted by molar-refractivity contribution is 7.98. The molecule has 1 atom stereocenters. The SMILES string of the molecule is COC1CCCN(c2cccc(SC)c2C(=N)N)C1. The first-order valence-electron chi connectivity index (χ1n) is 6.46. The van der Waals surface area contributed by atoms with Gasteiger partial charge in [-0.2, -0.15) is 0 Å². The topological polar surface area (TPSA) is 62.3 Å². The Hall–Kier alpha value is -1.20. The van der Waals surface area contributed by atoms with E-state index in [-0.39, 0.29) is 11.9 Å². The Morgan fingerprint density at radius 3 is 2.95 bits per heavy atom. The molecule has 1 aliphatic rings. The normalized spacial score (nSPS) is 19.5. The largest absolute Gasteiger partial charge is 0.384 e. The molecule has 5 heteroatoms. The summed E-state index contributed by atoms with van der Waals surface area (Å²) in [6.07, 6.45) is 4.50. The highest BCUT2D eigenvalue weighted by atomic mass is 32.2. The van der Waals surface area contributed by atoms with Crippen molar-refractivity contribution in [1.82, 2.24) is 0 Å². The molecule has 104 valence electrons. The third-order valence-electron chi connectivity index (χ3n) is 3.55. The summed E-state index contributed by atoms with van der Waals surface area (Å²) in [6, 6.07) is 6.10. The fourth-order valence-electron chi connectivity index (χ4n) is 2.57. The molecule has 0 amide bonds. The molecule has 3 N–H and O–H groups in total. The molecule has 1 aliphatic heterocycles. The molecule has 2 rings (SSSR count). The van der Waals surface area contributed by atoms with Crippen molar-refractivity contribution < 1.29 is 4.74 Å². The summed E-state index contributed by atoms with van der Waals surface area (Å²) in [5.41, 5.74) is 7.69. The summed E-state index contributed by atoms with van der Waals surface area (Å²) >= 11 is 1.63. The lowest BCUT2D eigenvalue weighted by Gasteiger charge is -2.35. The van der Waals surface area contributed by atoms with Gasteiger partial charge in [0.2, 0.25) is 0 Å². The number of hydrogen-bond acceptors (Lipinski definition) is 4. The molecular formula is C14H21N3OS. The van der Waals surface area contributed by atoms with Gasteiger partial charge in [0.1, 0.15) is 5.84 Å². The molecule has 19 heavy (non-hydrogen) atoms. The van der Waals surface area contributed by atoms with Gasteiger partial charge in [0.05, 0.1) is 11.7 Å². The minimum absolute atomic E-state index is 0.138. The van der Waals surface area contributed by atoms with Crippen LogP contribution in [0.15, 0.2) is 23.1 Å². The molecule has 1 heterocycles. The molecule has 1 fully saturated rings. The van der Waals surface area contributed by atoms with Gasteiger partial charge in [-0.3, -0.25) is 5.41 Å². The van der Waals surface area contributed by atoms with E-state index in [0.29, 0.717) is 0 Å². The maximum Gasteiger partial charge on any atom is 0.126 e. The number of benzene rings is 1. The van der Waals surface area contributed by atoms with Crippen molar-refractivity contribution in [3.05, 3.63) is 23.8 Å². The average molecular weight is 279 g/mol. The van der Waals surface area contributed by atoms with Gasteiger partial charge in [0.25, 0.3) is 0 Å². The number of nitrogens with two attached hydrogens (primary N) is 1.